The molecule has 0 saturated heterocycles. The summed E-state index contributed by atoms with van der Waals surface area (Å²) in [6.07, 6.45) is 0. The van der Waals surface area contributed by atoms with Crippen molar-refractivity contribution in [2.45, 2.75) is 9.79 Å². The molecule has 0 aliphatic rings. The van der Waals surface area contributed by atoms with Crippen molar-refractivity contribution in [3.05, 3.63) is 46.4 Å². The van der Waals surface area contributed by atoms with Gasteiger partial charge in [0.1, 0.15) is 15.5 Å². The molecule has 0 aliphatic heterocycles. The van der Waals surface area contributed by atoms with Gasteiger partial charge in [-0.15, -0.1) is 0 Å². The van der Waals surface area contributed by atoms with Crippen molar-refractivity contribution in [1.29, 1.82) is 0 Å². The van der Waals surface area contributed by atoms with E-state index in [-0.39, 0.29) is 16.6 Å². The Morgan fingerprint density at radius 3 is 2.15 bits per heavy atom. The Morgan fingerprint density at radius 1 is 1.04 bits per heavy atom. The fourth-order valence-electron chi connectivity index (χ4n) is 1.92. The SMILES string of the molecule is O=C(O)c1cc(NS(=O)(=O)c2cc(Br)ccc2O)cc(S(F)(F)(F)(F)F)c1. The number of benzene rings is 2. The summed E-state index contributed by atoms with van der Waals surface area (Å²) in [5.74, 6) is -2.75. The zero-order valence-electron chi connectivity index (χ0n) is 12.7. The molecule has 27 heavy (non-hydrogen) atoms. The van der Waals surface area contributed by atoms with E-state index in [4.69, 9.17) is 5.11 Å². The number of sulfonamides is 1. The Kier molecular flexibility index (Phi) is 4.50. The third-order valence-corrected chi connectivity index (χ3v) is 6.09. The number of anilines is 1. The lowest BCUT2D eigenvalue weighted by Gasteiger charge is -2.40. The Bertz CT molecular complexity index is 1060. The number of nitrogens with one attached hydrogen (secondary N) is 1. The van der Waals surface area contributed by atoms with E-state index in [1.807, 2.05) is 0 Å². The Hall–Kier alpha value is -2.06. The lowest BCUT2D eigenvalue weighted by molar-refractivity contribution is 0.0696. The number of phenols is 1. The molecule has 0 bridgehead atoms. The van der Waals surface area contributed by atoms with Gasteiger partial charge >= 0.3 is 16.2 Å². The number of halogens is 6. The molecule has 0 spiro atoms. The maximum atomic E-state index is 13.0. The highest BCUT2D eigenvalue weighted by Crippen LogP contribution is 3.02. The van der Waals surface area contributed by atoms with Crippen LogP contribution in [0.3, 0.4) is 0 Å². The molecule has 0 radical (unpaired) electrons. The minimum Gasteiger partial charge on any atom is -0.507 e. The van der Waals surface area contributed by atoms with Crippen molar-refractivity contribution < 1.29 is 42.9 Å². The smallest absolute Gasteiger partial charge is 0.335 e. The van der Waals surface area contributed by atoms with Crippen LogP contribution in [0.1, 0.15) is 10.4 Å². The highest BCUT2D eigenvalue weighted by Gasteiger charge is 2.65. The summed E-state index contributed by atoms with van der Waals surface area (Å²) in [5.41, 5.74) is -2.28. The first kappa shape index (κ1) is 21.2. The number of carboxylic acid groups (broad SMARTS) is 1. The molecule has 0 amide bonds. The van der Waals surface area contributed by atoms with Crippen LogP contribution in [0.2, 0.25) is 0 Å². The third-order valence-electron chi connectivity index (χ3n) is 3.06. The van der Waals surface area contributed by atoms with Crippen LogP contribution in [0, 0.1) is 0 Å². The molecule has 3 N–H and O–H groups in total. The summed E-state index contributed by atoms with van der Waals surface area (Å²) in [6, 6.07) is 3.06. The van der Waals surface area contributed by atoms with Crippen LogP contribution in [0.5, 0.6) is 5.75 Å². The van der Waals surface area contributed by atoms with Gasteiger partial charge in [-0.1, -0.05) is 35.4 Å². The average molecular weight is 498 g/mol. The highest BCUT2D eigenvalue weighted by molar-refractivity contribution is 9.10. The Morgan fingerprint density at radius 2 is 1.63 bits per heavy atom. The number of carboxylic acids is 1. The summed E-state index contributed by atoms with van der Waals surface area (Å²) in [4.78, 5) is 7.60. The quantitative estimate of drug-likeness (QED) is 0.485. The van der Waals surface area contributed by atoms with Crippen LogP contribution in [0.4, 0.5) is 25.1 Å². The van der Waals surface area contributed by atoms with E-state index in [0.717, 1.165) is 12.1 Å². The van der Waals surface area contributed by atoms with Gasteiger partial charge in [-0.2, -0.15) is 0 Å². The third kappa shape index (κ3) is 5.01. The molecule has 0 saturated carbocycles. The minimum atomic E-state index is -10.3. The summed E-state index contributed by atoms with van der Waals surface area (Å²) in [6.45, 7) is 0. The maximum absolute atomic E-state index is 13.0. The predicted octanol–water partition coefficient (Wildman–Crippen LogP) is 5.31. The van der Waals surface area contributed by atoms with Crippen molar-refractivity contribution in [2.24, 2.45) is 0 Å². The van der Waals surface area contributed by atoms with Gasteiger partial charge in [-0.25, -0.2) is 13.2 Å². The van der Waals surface area contributed by atoms with E-state index in [1.54, 1.807) is 4.72 Å². The first-order valence-electron chi connectivity index (χ1n) is 6.53. The van der Waals surface area contributed by atoms with Crippen LogP contribution in [-0.2, 0) is 10.0 Å². The molecule has 2 aromatic carbocycles. The Balaban J connectivity index is 2.64. The van der Waals surface area contributed by atoms with Crippen molar-refractivity contribution in [3.8, 4) is 5.75 Å². The largest absolute Gasteiger partial charge is 0.507 e. The van der Waals surface area contributed by atoms with Crippen LogP contribution in [0.15, 0.2) is 50.7 Å². The zero-order chi connectivity index (χ0) is 20.9. The molecular formula is C13H9BrF5NO5S2. The van der Waals surface area contributed by atoms with Crippen LogP contribution in [0.25, 0.3) is 0 Å². The van der Waals surface area contributed by atoms with E-state index >= 15 is 0 Å². The number of aromatic carboxylic acids is 1. The van der Waals surface area contributed by atoms with Gasteiger partial charge in [0.25, 0.3) is 10.0 Å². The zero-order valence-corrected chi connectivity index (χ0v) is 15.9. The van der Waals surface area contributed by atoms with E-state index in [1.165, 1.54) is 6.07 Å². The summed E-state index contributed by atoms with van der Waals surface area (Å²) in [5, 5.41) is 18.5. The predicted molar refractivity (Wildman–Crippen MR) is 91.4 cm³/mol. The van der Waals surface area contributed by atoms with Crippen LogP contribution >= 0.6 is 26.2 Å². The molecule has 2 aromatic rings. The van der Waals surface area contributed by atoms with Gasteiger partial charge in [0.15, 0.2) is 0 Å². The van der Waals surface area contributed by atoms with Crippen molar-refractivity contribution in [2.75, 3.05) is 4.72 Å². The molecule has 0 heterocycles. The first-order chi connectivity index (χ1) is 11.9. The molecule has 0 aromatic heterocycles. The normalized spacial score (nSPS) is 14.9. The lowest BCUT2D eigenvalue weighted by Crippen LogP contribution is -2.15. The number of hydrogen-bond donors (Lipinski definition) is 3. The molecular weight excluding hydrogens is 489 g/mol. The van der Waals surface area contributed by atoms with E-state index in [2.05, 4.69) is 15.9 Å². The highest BCUT2D eigenvalue weighted by atomic mass is 79.9. The summed E-state index contributed by atoms with van der Waals surface area (Å²) < 4.78 is 91.4. The number of carbonyl (C=O) groups is 1. The molecule has 2 rings (SSSR count). The molecule has 0 fully saturated rings. The van der Waals surface area contributed by atoms with E-state index in [9.17, 15) is 37.7 Å². The van der Waals surface area contributed by atoms with Gasteiger partial charge in [0, 0.05) is 4.47 Å². The van der Waals surface area contributed by atoms with Crippen LogP contribution in [-0.4, -0.2) is 24.6 Å². The maximum Gasteiger partial charge on any atom is 0.335 e. The standard InChI is InChI=1S/C13H9BrF5NO5S2/c14-8-1-2-11(21)12(5-8)26(24,25)20-9-3-7(13(22)23)4-10(6-9)27(15,16,17,18)19/h1-6,20-21H,(H,22,23). The first-order valence-corrected chi connectivity index (χ1v) is 10.8. The second-order valence-electron chi connectivity index (χ2n) is 5.24. The van der Waals surface area contributed by atoms with Gasteiger partial charge in [0.2, 0.25) is 0 Å². The summed E-state index contributed by atoms with van der Waals surface area (Å²) >= 11 is 2.93. The monoisotopic (exact) mass is 497 g/mol. The topological polar surface area (TPSA) is 104 Å². The van der Waals surface area contributed by atoms with Crippen molar-refractivity contribution in [3.63, 3.8) is 0 Å². The fraction of sp³-hybridized carbons (Fsp3) is 0. The van der Waals surface area contributed by atoms with E-state index < -0.39 is 53.0 Å². The molecule has 0 atom stereocenters. The Labute approximate surface area is 157 Å². The van der Waals surface area contributed by atoms with Gasteiger partial charge in [-0.05, 0) is 36.4 Å². The average Bonchev–Trinajstić information content (AvgIpc) is 2.46. The van der Waals surface area contributed by atoms with Gasteiger partial charge in [-0.3, -0.25) is 4.72 Å². The second-order valence-corrected chi connectivity index (χ2v) is 10.2. The van der Waals surface area contributed by atoms with Crippen molar-refractivity contribution >= 4 is 47.8 Å². The fourth-order valence-corrected chi connectivity index (χ4v) is 4.29. The van der Waals surface area contributed by atoms with Crippen molar-refractivity contribution in [1.82, 2.24) is 0 Å². The molecule has 0 aliphatic carbocycles. The number of aromatic hydroxyl groups is 1. The molecule has 14 heteroatoms. The van der Waals surface area contributed by atoms with E-state index in [0.29, 0.717) is 6.07 Å². The molecule has 6 nitrogen and oxygen atoms in total. The molecule has 150 valence electrons. The van der Waals surface area contributed by atoms with Gasteiger partial charge in [0.05, 0.1) is 11.3 Å². The molecule has 0 unspecified atom stereocenters. The lowest BCUT2D eigenvalue weighted by atomic mass is 10.2. The van der Waals surface area contributed by atoms with Crippen LogP contribution < -0.4 is 4.72 Å². The number of hydrogen-bond acceptors (Lipinski definition) is 4. The minimum absolute atomic E-state index is 0.188. The summed E-state index contributed by atoms with van der Waals surface area (Å²) in [7, 11) is -15.0. The second kappa shape index (κ2) is 5.72. The number of phenolic OH excluding ortho intramolecular Hbond substituents is 1. The van der Waals surface area contributed by atoms with Gasteiger partial charge < -0.3 is 10.2 Å². The number of rotatable bonds is 5.